The van der Waals surface area contributed by atoms with Crippen molar-refractivity contribution in [2.45, 2.75) is 20.0 Å². The molecule has 0 bridgehead atoms. The average Bonchev–Trinajstić information content (AvgIpc) is 2.63. The van der Waals surface area contributed by atoms with E-state index in [-0.39, 0.29) is 12.0 Å². The van der Waals surface area contributed by atoms with Gasteiger partial charge in [0.05, 0.1) is 23.7 Å². The monoisotopic (exact) mass is 381 g/mol. The zero-order valence-electron chi connectivity index (χ0n) is 15.1. The van der Waals surface area contributed by atoms with Gasteiger partial charge in [0, 0.05) is 10.7 Å². The molecular weight excluding hydrogens is 362 g/mol. The highest BCUT2D eigenvalue weighted by molar-refractivity contribution is 6.30. The Morgan fingerprint density at radius 2 is 1.85 bits per heavy atom. The number of aromatic nitrogens is 1. The minimum absolute atomic E-state index is 0.0728. The Hall–Kier alpha value is -3.05. The number of nitrogens with one attached hydrogen (secondary N) is 2. The zero-order valence-corrected chi connectivity index (χ0v) is 15.8. The van der Waals surface area contributed by atoms with E-state index in [1.807, 2.05) is 38.1 Å². The largest absolute Gasteiger partial charge is 0.489 e. The number of nitrogens with zero attached hydrogens (tertiary/aromatic N) is 1. The molecule has 0 spiro atoms. The van der Waals surface area contributed by atoms with Crippen LogP contribution in [0.5, 0.6) is 5.75 Å². The highest BCUT2D eigenvalue weighted by atomic mass is 35.5. The lowest BCUT2D eigenvalue weighted by molar-refractivity contribution is 0.102. The Morgan fingerprint density at radius 3 is 2.56 bits per heavy atom. The number of carbonyl (C=O) groups is 1. The Morgan fingerprint density at radius 1 is 1.04 bits per heavy atom. The Balaban J connectivity index is 1.70. The molecule has 0 saturated heterocycles. The van der Waals surface area contributed by atoms with E-state index >= 15 is 0 Å². The first-order valence-corrected chi connectivity index (χ1v) is 8.95. The van der Waals surface area contributed by atoms with Gasteiger partial charge in [0.15, 0.2) is 0 Å². The molecule has 2 N–H and O–H groups in total. The number of anilines is 3. The molecule has 3 rings (SSSR count). The summed E-state index contributed by atoms with van der Waals surface area (Å²) in [6.45, 7) is 3.96. The molecule has 0 atom stereocenters. The third-order valence-corrected chi connectivity index (χ3v) is 3.84. The second kappa shape index (κ2) is 8.56. The van der Waals surface area contributed by atoms with Crippen LogP contribution in [0.25, 0.3) is 0 Å². The molecule has 0 saturated carbocycles. The van der Waals surface area contributed by atoms with Crippen molar-refractivity contribution in [3.8, 4) is 5.75 Å². The summed E-state index contributed by atoms with van der Waals surface area (Å²) in [6, 6.07) is 18.1. The highest BCUT2D eigenvalue weighted by Gasteiger charge is 2.09. The maximum Gasteiger partial charge on any atom is 0.274 e. The molecule has 138 valence electrons. The van der Waals surface area contributed by atoms with Gasteiger partial charge >= 0.3 is 0 Å². The van der Waals surface area contributed by atoms with Crippen molar-refractivity contribution < 1.29 is 9.53 Å². The van der Waals surface area contributed by atoms with E-state index in [0.717, 1.165) is 17.1 Å². The van der Waals surface area contributed by atoms with Crippen molar-refractivity contribution in [1.82, 2.24) is 4.98 Å². The summed E-state index contributed by atoms with van der Waals surface area (Å²) < 4.78 is 5.80. The van der Waals surface area contributed by atoms with Crippen LogP contribution in [0.4, 0.5) is 17.1 Å². The molecular formula is C21H20ClN3O2. The molecule has 27 heavy (non-hydrogen) atoms. The van der Waals surface area contributed by atoms with Crippen LogP contribution >= 0.6 is 11.6 Å². The lowest BCUT2D eigenvalue weighted by Crippen LogP contribution is -2.13. The summed E-state index contributed by atoms with van der Waals surface area (Å²) in [4.78, 5) is 16.5. The van der Waals surface area contributed by atoms with E-state index in [0.29, 0.717) is 16.4 Å². The second-order valence-electron chi connectivity index (χ2n) is 6.18. The fraction of sp³-hybridized carbons (Fsp3) is 0.143. The molecule has 0 fully saturated rings. The minimum Gasteiger partial charge on any atom is -0.489 e. The molecule has 2 aromatic carbocycles. The summed E-state index contributed by atoms with van der Waals surface area (Å²) in [5.41, 5.74) is 2.53. The van der Waals surface area contributed by atoms with E-state index in [1.165, 1.54) is 0 Å². The zero-order chi connectivity index (χ0) is 19.2. The predicted molar refractivity (Wildman–Crippen MR) is 109 cm³/mol. The number of hydrogen-bond donors (Lipinski definition) is 2. The molecule has 1 amide bonds. The van der Waals surface area contributed by atoms with Crippen molar-refractivity contribution in [2.24, 2.45) is 0 Å². The van der Waals surface area contributed by atoms with Gasteiger partial charge in [0.2, 0.25) is 0 Å². The van der Waals surface area contributed by atoms with Crippen LogP contribution in [-0.2, 0) is 0 Å². The topological polar surface area (TPSA) is 63.2 Å². The normalized spacial score (nSPS) is 10.5. The van der Waals surface area contributed by atoms with Crippen molar-refractivity contribution in [1.29, 1.82) is 0 Å². The molecule has 1 aromatic heterocycles. The van der Waals surface area contributed by atoms with E-state index in [1.54, 1.807) is 42.6 Å². The number of carbonyl (C=O) groups excluding carboxylic acids is 1. The Bertz CT molecular complexity index is 927. The van der Waals surface area contributed by atoms with Gasteiger partial charge in [-0.1, -0.05) is 29.8 Å². The molecule has 3 aromatic rings. The van der Waals surface area contributed by atoms with Crippen molar-refractivity contribution in [3.05, 3.63) is 77.6 Å². The molecule has 0 radical (unpaired) electrons. The molecule has 1 heterocycles. The quantitative estimate of drug-likeness (QED) is 0.590. The Labute approximate surface area is 163 Å². The summed E-state index contributed by atoms with van der Waals surface area (Å²) in [5.74, 6) is 0.461. The van der Waals surface area contributed by atoms with Gasteiger partial charge < -0.3 is 15.4 Å². The number of para-hydroxylation sites is 2. The Kier molecular flexibility index (Phi) is 5.94. The molecule has 0 aliphatic carbocycles. The maximum absolute atomic E-state index is 12.3. The van der Waals surface area contributed by atoms with Crippen LogP contribution in [0.15, 0.2) is 66.9 Å². The average molecular weight is 382 g/mol. The van der Waals surface area contributed by atoms with Crippen LogP contribution in [-0.4, -0.2) is 17.0 Å². The van der Waals surface area contributed by atoms with E-state index in [2.05, 4.69) is 15.6 Å². The predicted octanol–water partition coefficient (Wildman–Crippen LogP) is 5.52. The summed E-state index contributed by atoms with van der Waals surface area (Å²) in [6.07, 6.45) is 1.68. The summed E-state index contributed by atoms with van der Waals surface area (Å²) >= 11 is 5.93. The molecule has 0 aliphatic heterocycles. The number of halogens is 1. The van der Waals surface area contributed by atoms with Crippen LogP contribution < -0.4 is 15.4 Å². The highest BCUT2D eigenvalue weighted by Crippen LogP contribution is 2.28. The number of rotatable bonds is 6. The number of ether oxygens (including phenoxy) is 1. The third-order valence-electron chi connectivity index (χ3n) is 3.61. The fourth-order valence-electron chi connectivity index (χ4n) is 2.45. The van der Waals surface area contributed by atoms with Gasteiger partial charge in [-0.15, -0.1) is 0 Å². The number of benzene rings is 2. The van der Waals surface area contributed by atoms with Crippen molar-refractivity contribution >= 4 is 34.6 Å². The van der Waals surface area contributed by atoms with Crippen LogP contribution in [0, 0.1) is 0 Å². The van der Waals surface area contributed by atoms with Gasteiger partial charge in [-0.25, -0.2) is 4.98 Å². The van der Waals surface area contributed by atoms with Crippen molar-refractivity contribution in [3.63, 3.8) is 0 Å². The number of hydrogen-bond acceptors (Lipinski definition) is 4. The van der Waals surface area contributed by atoms with E-state index in [4.69, 9.17) is 16.3 Å². The SMILES string of the molecule is CC(C)Oc1ccccc1Nc1ccc(C(=O)Nc2cccc(Cl)c2)nc1. The first-order valence-electron chi connectivity index (χ1n) is 8.57. The van der Waals surface area contributed by atoms with Crippen molar-refractivity contribution in [2.75, 3.05) is 10.6 Å². The van der Waals surface area contributed by atoms with Gasteiger partial charge in [0.1, 0.15) is 11.4 Å². The van der Waals surface area contributed by atoms with E-state index < -0.39 is 0 Å². The molecule has 6 heteroatoms. The summed E-state index contributed by atoms with van der Waals surface area (Å²) in [5, 5.41) is 6.60. The third kappa shape index (κ3) is 5.21. The van der Waals surface area contributed by atoms with Gasteiger partial charge in [-0.05, 0) is 56.3 Å². The standard InChI is InChI=1S/C21H20ClN3O2/c1-14(2)27-20-9-4-3-8-18(20)24-17-10-11-19(23-13-17)21(26)25-16-7-5-6-15(22)12-16/h3-14,24H,1-2H3,(H,25,26). The van der Waals surface area contributed by atoms with Crippen LogP contribution in [0.3, 0.4) is 0 Å². The van der Waals surface area contributed by atoms with Crippen LogP contribution in [0.1, 0.15) is 24.3 Å². The minimum atomic E-state index is -0.299. The lowest BCUT2D eigenvalue weighted by Gasteiger charge is -2.15. The van der Waals surface area contributed by atoms with Gasteiger partial charge in [0.25, 0.3) is 5.91 Å². The molecule has 5 nitrogen and oxygen atoms in total. The second-order valence-corrected chi connectivity index (χ2v) is 6.62. The van der Waals surface area contributed by atoms with E-state index in [9.17, 15) is 4.79 Å². The summed E-state index contributed by atoms with van der Waals surface area (Å²) in [7, 11) is 0. The smallest absolute Gasteiger partial charge is 0.274 e. The first-order chi connectivity index (χ1) is 13.0. The first kappa shape index (κ1) is 18.7. The van der Waals surface area contributed by atoms with Gasteiger partial charge in [-0.2, -0.15) is 0 Å². The van der Waals surface area contributed by atoms with Gasteiger partial charge in [-0.3, -0.25) is 4.79 Å². The fourth-order valence-corrected chi connectivity index (χ4v) is 2.64. The number of amides is 1. The number of pyridine rings is 1. The maximum atomic E-state index is 12.3. The van der Waals surface area contributed by atoms with Crippen LogP contribution in [0.2, 0.25) is 5.02 Å². The molecule has 0 unspecified atom stereocenters. The lowest BCUT2D eigenvalue weighted by atomic mass is 10.2. The molecule has 0 aliphatic rings.